The third-order valence-corrected chi connectivity index (χ3v) is 7.92. The number of fused-ring (bicyclic) bond motifs is 1. The summed E-state index contributed by atoms with van der Waals surface area (Å²) in [6.45, 7) is 2.92. The highest BCUT2D eigenvalue weighted by Crippen LogP contribution is 2.20. The van der Waals surface area contributed by atoms with Gasteiger partial charge in [-0.2, -0.15) is 4.31 Å². The van der Waals surface area contributed by atoms with Gasteiger partial charge in [-0.3, -0.25) is 4.79 Å². The van der Waals surface area contributed by atoms with Crippen LogP contribution >= 0.6 is 0 Å². The van der Waals surface area contributed by atoms with Crippen LogP contribution in [0.5, 0.6) is 0 Å². The number of aromatic amines is 1. The van der Waals surface area contributed by atoms with Crippen LogP contribution in [0.2, 0.25) is 0 Å². The molecule has 0 spiro atoms. The summed E-state index contributed by atoms with van der Waals surface area (Å²) >= 11 is 0. The molecule has 0 radical (unpaired) electrons. The lowest BCUT2D eigenvalue weighted by molar-refractivity contribution is -0.132. The number of H-pyrrole nitrogens is 1. The quantitative estimate of drug-likeness (QED) is 0.328. The number of nitrogens with one attached hydrogen (secondary N) is 1. The molecule has 7 heteroatoms. The van der Waals surface area contributed by atoms with Crippen molar-refractivity contribution in [3.8, 4) is 0 Å². The van der Waals surface area contributed by atoms with Crippen molar-refractivity contribution in [1.29, 1.82) is 0 Å². The van der Waals surface area contributed by atoms with E-state index in [1.165, 1.54) is 4.31 Å². The number of para-hydroxylation sites is 1. The first kappa shape index (κ1) is 24.7. The average Bonchev–Trinajstić information content (AvgIpc) is 3.30. The normalized spacial score (nSPS) is 11.7. The number of aromatic nitrogens is 1. The Morgan fingerprint density at radius 2 is 1.51 bits per heavy atom. The summed E-state index contributed by atoms with van der Waals surface area (Å²) in [5, 5.41) is 1.14. The van der Waals surface area contributed by atoms with Crippen molar-refractivity contribution in [3.05, 3.63) is 102 Å². The summed E-state index contributed by atoms with van der Waals surface area (Å²) in [4.78, 5) is 18.8. The predicted molar refractivity (Wildman–Crippen MR) is 139 cm³/mol. The molecule has 1 N–H and O–H groups in total. The molecular formula is C28H31N3O3S. The largest absolute Gasteiger partial charge is 0.361 e. The van der Waals surface area contributed by atoms with Gasteiger partial charge in [0.15, 0.2) is 0 Å². The van der Waals surface area contributed by atoms with E-state index in [1.807, 2.05) is 61.7 Å². The molecule has 0 bridgehead atoms. The predicted octanol–water partition coefficient (Wildman–Crippen LogP) is 4.84. The third-order valence-electron chi connectivity index (χ3n) is 6.06. The van der Waals surface area contributed by atoms with Gasteiger partial charge in [0, 0.05) is 36.7 Å². The van der Waals surface area contributed by atoms with E-state index in [4.69, 9.17) is 0 Å². The molecule has 1 amide bonds. The SMILES string of the molecule is CCCN(CC(=O)N(CCc1c[nH]c2ccccc12)Cc1ccccc1)S(=O)(=O)c1ccccc1. The third kappa shape index (κ3) is 5.99. The van der Waals surface area contributed by atoms with Gasteiger partial charge in [0.25, 0.3) is 0 Å². The summed E-state index contributed by atoms with van der Waals surface area (Å²) in [5.74, 6) is -0.207. The highest BCUT2D eigenvalue weighted by atomic mass is 32.2. The van der Waals surface area contributed by atoms with E-state index in [1.54, 1.807) is 35.2 Å². The van der Waals surface area contributed by atoms with Crippen molar-refractivity contribution in [1.82, 2.24) is 14.2 Å². The highest BCUT2D eigenvalue weighted by molar-refractivity contribution is 7.89. The number of carbonyl (C=O) groups excluding carboxylic acids is 1. The number of nitrogens with zero attached hydrogens (tertiary/aromatic N) is 2. The van der Waals surface area contributed by atoms with Gasteiger partial charge in [-0.1, -0.05) is 73.7 Å². The summed E-state index contributed by atoms with van der Waals surface area (Å²) in [7, 11) is -3.77. The molecule has 0 unspecified atom stereocenters. The van der Waals surface area contributed by atoms with Gasteiger partial charge in [-0.05, 0) is 42.2 Å². The van der Waals surface area contributed by atoms with Crippen molar-refractivity contribution in [2.24, 2.45) is 0 Å². The summed E-state index contributed by atoms with van der Waals surface area (Å²) in [6.07, 6.45) is 3.27. The van der Waals surface area contributed by atoms with Crippen LogP contribution in [-0.2, 0) is 27.8 Å². The molecule has 35 heavy (non-hydrogen) atoms. The lowest BCUT2D eigenvalue weighted by atomic mass is 10.1. The minimum atomic E-state index is -3.77. The number of rotatable bonds is 11. The zero-order valence-electron chi connectivity index (χ0n) is 19.9. The van der Waals surface area contributed by atoms with Crippen LogP contribution in [0, 0.1) is 0 Å². The molecule has 182 valence electrons. The smallest absolute Gasteiger partial charge is 0.243 e. The monoisotopic (exact) mass is 489 g/mol. The molecule has 4 rings (SSSR count). The van der Waals surface area contributed by atoms with E-state index in [9.17, 15) is 13.2 Å². The van der Waals surface area contributed by atoms with Crippen molar-refractivity contribution in [3.63, 3.8) is 0 Å². The Kier molecular flexibility index (Phi) is 8.00. The standard InChI is InChI=1S/C28H31N3O3S/c1-2-18-31(35(33,34)25-13-7-4-8-14-25)22-28(32)30(21-23-11-5-3-6-12-23)19-17-24-20-29-27-16-10-9-15-26(24)27/h3-16,20,29H,2,17-19,21-22H2,1H3. The molecule has 3 aromatic carbocycles. The first-order valence-corrected chi connectivity index (χ1v) is 13.3. The lowest BCUT2D eigenvalue weighted by Gasteiger charge is -2.27. The summed E-state index contributed by atoms with van der Waals surface area (Å²) in [5.41, 5.74) is 3.20. The van der Waals surface area contributed by atoms with Gasteiger partial charge in [0.05, 0.1) is 11.4 Å². The van der Waals surface area contributed by atoms with Crippen LogP contribution in [0.1, 0.15) is 24.5 Å². The number of sulfonamides is 1. The maximum atomic E-state index is 13.5. The van der Waals surface area contributed by atoms with Gasteiger partial charge in [0.1, 0.15) is 0 Å². The molecular weight excluding hydrogens is 458 g/mol. The molecule has 0 aliphatic carbocycles. The Hall–Kier alpha value is -3.42. The maximum absolute atomic E-state index is 13.5. The van der Waals surface area contributed by atoms with Crippen LogP contribution in [0.25, 0.3) is 10.9 Å². The first-order valence-electron chi connectivity index (χ1n) is 11.9. The van der Waals surface area contributed by atoms with Gasteiger partial charge < -0.3 is 9.88 Å². The second-order valence-electron chi connectivity index (χ2n) is 8.56. The van der Waals surface area contributed by atoms with E-state index in [0.717, 1.165) is 22.0 Å². The van der Waals surface area contributed by atoms with Gasteiger partial charge in [-0.15, -0.1) is 0 Å². The first-order chi connectivity index (χ1) is 17.0. The minimum Gasteiger partial charge on any atom is -0.361 e. The Bertz CT molecular complexity index is 1350. The Morgan fingerprint density at radius 3 is 2.23 bits per heavy atom. The van der Waals surface area contributed by atoms with Gasteiger partial charge >= 0.3 is 0 Å². The fourth-order valence-electron chi connectivity index (χ4n) is 4.22. The molecule has 0 saturated carbocycles. The van der Waals surface area contributed by atoms with Crippen LogP contribution in [-0.4, -0.2) is 48.1 Å². The zero-order valence-corrected chi connectivity index (χ0v) is 20.7. The summed E-state index contributed by atoms with van der Waals surface area (Å²) in [6, 6.07) is 26.2. The average molecular weight is 490 g/mol. The fraction of sp³-hybridized carbons (Fsp3) is 0.250. The van der Waals surface area contributed by atoms with Crippen molar-refractivity contribution >= 4 is 26.8 Å². The van der Waals surface area contributed by atoms with E-state index >= 15 is 0 Å². The molecule has 4 aromatic rings. The van der Waals surface area contributed by atoms with E-state index < -0.39 is 10.0 Å². The van der Waals surface area contributed by atoms with Gasteiger partial charge in [0.2, 0.25) is 15.9 Å². The molecule has 0 atom stereocenters. The second-order valence-corrected chi connectivity index (χ2v) is 10.5. The van der Waals surface area contributed by atoms with Crippen LogP contribution in [0.4, 0.5) is 0 Å². The van der Waals surface area contributed by atoms with Crippen molar-refractivity contribution < 1.29 is 13.2 Å². The number of hydrogen-bond acceptors (Lipinski definition) is 3. The molecule has 0 fully saturated rings. The fourth-order valence-corrected chi connectivity index (χ4v) is 5.72. The van der Waals surface area contributed by atoms with Crippen molar-refractivity contribution in [2.75, 3.05) is 19.6 Å². The maximum Gasteiger partial charge on any atom is 0.243 e. The molecule has 0 aliphatic heterocycles. The van der Waals surface area contributed by atoms with E-state index in [2.05, 4.69) is 11.1 Å². The van der Waals surface area contributed by atoms with Crippen molar-refractivity contribution in [2.45, 2.75) is 31.2 Å². The lowest BCUT2D eigenvalue weighted by Crippen LogP contribution is -2.43. The van der Waals surface area contributed by atoms with Crippen LogP contribution in [0.3, 0.4) is 0 Å². The topological polar surface area (TPSA) is 73.5 Å². The molecule has 0 saturated heterocycles. The number of hydrogen-bond donors (Lipinski definition) is 1. The Labute approximate surface area is 207 Å². The van der Waals surface area contributed by atoms with Gasteiger partial charge in [-0.25, -0.2) is 8.42 Å². The molecule has 0 aliphatic rings. The number of amides is 1. The van der Waals surface area contributed by atoms with E-state index in [-0.39, 0.29) is 23.9 Å². The Balaban J connectivity index is 1.55. The summed E-state index contributed by atoms with van der Waals surface area (Å²) < 4.78 is 27.9. The minimum absolute atomic E-state index is 0.189. The Morgan fingerprint density at radius 1 is 0.857 bits per heavy atom. The number of benzene rings is 3. The zero-order chi connectivity index (χ0) is 24.7. The van der Waals surface area contributed by atoms with Crippen LogP contribution < -0.4 is 0 Å². The van der Waals surface area contributed by atoms with E-state index in [0.29, 0.717) is 25.9 Å². The molecule has 6 nitrogen and oxygen atoms in total. The molecule has 1 heterocycles. The second kappa shape index (κ2) is 11.3. The highest BCUT2D eigenvalue weighted by Gasteiger charge is 2.28. The van der Waals surface area contributed by atoms with Crippen LogP contribution in [0.15, 0.2) is 96.0 Å². The number of carbonyl (C=O) groups is 1. The molecule has 1 aromatic heterocycles.